The summed E-state index contributed by atoms with van der Waals surface area (Å²) in [5, 5.41) is 0.277. The fourth-order valence-electron chi connectivity index (χ4n) is 2.40. The number of carbonyl (C=O) groups excluding carboxylic acids is 2. The van der Waals surface area contributed by atoms with Gasteiger partial charge >= 0.3 is 0 Å². The highest BCUT2D eigenvalue weighted by molar-refractivity contribution is 6.33. The standard InChI is InChI=1S/C16H20ClNO4/c1-2-21-14-8-12(10-19)13(17)9-15(14)22-11-16(20)18-6-4-3-5-7-18/h8-10H,2-7,11H2,1H3. The molecule has 0 N–H and O–H groups in total. The Hall–Kier alpha value is -1.75. The molecule has 0 atom stereocenters. The van der Waals surface area contributed by atoms with Crippen LogP contribution in [0.25, 0.3) is 0 Å². The topological polar surface area (TPSA) is 55.8 Å². The number of ether oxygens (including phenoxy) is 2. The molecule has 1 aromatic carbocycles. The molecule has 22 heavy (non-hydrogen) atoms. The molecule has 5 nitrogen and oxygen atoms in total. The lowest BCUT2D eigenvalue weighted by Gasteiger charge is -2.26. The van der Waals surface area contributed by atoms with Crippen molar-refractivity contribution < 1.29 is 19.1 Å². The molecule has 1 amide bonds. The number of rotatable bonds is 6. The van der Waals surface area contributed by atoms with Crippen LogP contribution >= 0.6 is 11.6 Å². The van der Waals surface area contributed by atoms with E-state index in [2.05, 4.69) is 0 Å². The molecule has 0 bridgehead atoms. The summed E-state index contributed by atoms with van der Waals surface area (Å²) < 4.78 is 11.0. The van der Waals surface area contributed by atoms with E-state index in [0.29, 0.717) is 30.0 Å². The zero-order valence-electron chi connectivity index (χ0n) is 12.6. The molecular weight excluding hydrogens is 306 g/mol. The molecule has 1 heterocycles. The molecule has 1 aliphatic heterocycles. The van der Waals surface area contributed by atoms with E-state index >= 15 is 0 Å². The Morgan fingerprint density at radius 3 is 2.55 bits per heavy atom. The number of nitrogens with zero attached hydrogens (tertiary/aromatic N) is 1. The Morgan fingerprint density at radius 2 is 1.91 bits per heavy atom. The average molecular weight is 326 g/mol. The number of likely N-dealkylation sites (tertiary alicyclic amines) is 1. The molecule has 0 saturated carbocycles. The summed E-state index contributed by atoms with van der Waals surface area (Å²) in [5.74, 6) is 0.751. The van der Waals surface area contributed by atoms with Crippen LogP contribution in [0.4, 0.5) is 0 Å². The SMILES string of the molecule is CCOc1cc(C=O)c(Cl)cc1OCC(=O)N1CCCCC1. The van der Waals surface area contributed by atoms with Gasteiger partial charge in [-0.05, 0) is 32.3 Å². The third-order valence-corrected chi connectivity index (χ3v) is 3.88. The summed E-state index contributed by atoms with van der Waals surface area (Å²) in [6.07, 6.45) is 3.90. The lowest BCUT2D eigenvalue weighted by Crippen LogP contribution is -2.38. The molecule has 0 aromatic heterocycles. The van der Waals surface area contributed by atoms with Crippen molar-refractivity contribution in [2.45, 2.75) is 26.2 Å². The van der Waals surface area contributed by atoms with Crippen molar-refractivity contribution in [2.24, 2.45) is 0 Å². The maximum atomic E-state index is 12.1. The van der Waals surface area contributed by atoms with Crippen LogP contribution < -0.4 is 9.47 Å². The van der Waals surface area contributed by atoms with Crippen molar-refractivity contribution >= 4 is 23.8 Å². The molecule has 0 radical (unpaired) electrons. The van der Waals surface area contributed by atoms with E-state index < -0.39 is 0 Å². The quantitative estimate of drug-likeness (QED) is 0.755. The van der Waals surface area contributed by atoms with Gasteiger partial charge in [0.1, 0.15) is 0 Å². The number of hydrogen-bond donors (Lipinski definition) is 0. The first-order valence-electron chi connectivity index (χ1n) is 7.47. The minimum Gasteiger partial charge on any atom is -0.490 e. The molecular formula is C16H20ClNO4. The number of benzene rings is 1. The maximum absolute atomic E-state index is 12.1. The maximum Gasteiger partial charge on any atom is 0.260 e. The number of hydrogen-bond acceptors (Lipinski definition) is 4. The monoisotopic (exact) mass is 325 g/mol. The van der Waals surface area contributed by atoms with Crippen molar-refractivity contribution in [3.05, 3.63) is 22.7 Å². The molecule has 0 aliphatic carbocycles. The number of piperidine rings is 1. The largest absolute Gasteiger partial charge is 0.490 e. The smallest absolute Gasteiger partial charge is 0.260 e. The van der Waals surface area contributed by atoms with E-state index in [1.54, 1.807) is 0 Å². The highest BCUT2D eigenvalue weighted by Crippen LogP contribution is 2.33. The van der Waals surface area contributed by atoms with Crippen molar-refractivity contribution in [1.82, 2.24) is 4.90 Å². The lowest BCUT2D eigenvalue weighted by molar-refractivity contribution is -0.134. The van der Waals surface area contributed by atoms with E-state index in [4.69, 9.17) is 21.1 Å². The second-order valence-electron chi connectivity index (χ2n) is 5.10. The van der Waals surface area contributed by atoms with Gasteiger partial charge in [0.15, 0.2) is 24.4 Å². The fourth-order valence-corrected chi connectivity index (χ4v) is 2.59. The first kappa shape index (κ1) is 16.6. The Balaban J connectivity index is 2.05. The molecule has 2 rings (SSSR count). The number of amides is 1. The fraction of sp³-hybridized carbons (Fsp3) is 0.500. The molecule has 0 unspecified atom stereocenters. The summed E-state index contributed by atoms with van der Waals surface area (Å²) in [7, 11) is 0. The van der Waals surface area contributed by atoms with Crippen LogP contribution in [0.5, 0.6) is 11.5 Å². The first-order chi connectivity index (χ1) is 10.7. The molecule has 1 saturated heterocycles. The summed E-state index contributed by atoms with van der Waals surface area (Å²) >= 11 is 6.00. The highest BCUT2D eigenvalue weighted by Gasteiger charge is 2.18. The van der Waals surface area contributed by atoms with Crippen molar-refractivity contribution in [3.63, 3.8) is 0 Å². The van der Waals surface area contributed by atoms with Crippen LogP contribution in [-0.2, 0) is 4.79 Å². The minimum atomic E-state index is -0.0587. The highest BCUT2D eigenvalue weighted by atomic mass is 35.5. The van der Waals surface area contributed by atoms with E-state index in [1.165, 1.54) is 18.6 Å². The second kappa shape index (κ2) is 8.03. The molecule has 6 heteroatoms. The molecule has 1 aliphatic rings. The summed E-state index contributed by atoms with van der Waals surface area (Å²) in [6, 6.07) is 3.04. The van der Waals surface area contributed by atoms with Gasteiger partial charge in [-0.15, -0.1) is 0 Å². The van der Waals surface area contributed by atoms with E-state index in [1.807, 2.05) is 11.8 Å². The van der Waals surface area contributed by atoms with Crippen LogP contribution in [0.15, 0.2) is 12.1 Å². The van der Waals surface area contributed by atoms with Gasteiger partial charge in [-0.25, -0.2) is 0 Å². The van der Waals surface area contributed by atoms with Gasteiger partial charge in [0.25, 0.3) is 5.91 Å². The van der Waals surface area contributed by atoms with Crippen molar-refractivity contribution in [1.29, 1.82) is 0 Å². The second-order valence-corrected chi connectivity index (χ2v) is 5.51. The number of carbonyl (C=O) groups is 2. The van der Waals surface area contributed by atoms with Crippen molar-refractivity contribution in [2.75, 3.05) is 26.3 Å². The predicted molar refractivity (Wildman–Crippen MR) is 83.9 cm³/mol. The summed E-state index contributed by atoms with van der Waals surface area (Å²) in [4.78, 5) is 24.9. The van der Waals surface area contributed by atoms with Crippen LogP contribution in [-0.4, -0.2) is 43.4 Å². The summed E-state index contributed by atoms with van der Waals surface area (Å²) in [6.45, 7) is 3.77. The Morgan fingerprint density at radius 1 is 1.23 bits per heavy atom. The van der Waals surface area contributed by atoms with Crippen LogP contribution in [0, 0.1) is 0 Å². The minimum absolute atomic E-state index is 0.0438. The zero-order chi connectivity index (χ0) is 15.9. The molecule has 1 aromatic rings. The van der Waals surface area contributed by atoms with Gasteiger partial charge in [-0.2, -0.15) is 0 Å². The predicted octanol–water partition coefficient (Wildman–Crippen LogP) is 2.94. The van der Waals surface area contributed by atoms with Crippen LogP contribution in [0.3, 0.4) is 0 Å². The van der Waals surface area contributed by atoms with Gasteiger partial charge in [0, 0.05) is 24.7 Å². The van der Waals surface area contributed by atoms with Crippen molar-refractivity contribution in [3.8, 4) is 11.5 Å². The summed E-state index contributed by atoms with van der Waals surface area (Å²) in [5.41, 5.74) is 0.333. The van der Waals surface area contributed by atoms with E-state index in [-0.39, 0.29) is 17.5 Å². The number of aldehydes is 1. The van der Waals surface area contributed by atoms with E-state index in [9.17, 15) is 9.59 Å². The molecule has 120 valence electrons. The van der Waals surface area contributed by atoms with Crippen LogP contribution in [0.2, 0.25) is 5.02 Å². The van der Waals surface area contributed by atoms with Crippen LogP contribution in [0.1, 0.15) is 36.5 Å². The Kier molecular flexibility index (Phi) is 6.07. The first-order valence-corrected chi connectivity index (χ1v) is 7.85. The van der Waals surface area contributed by atoms with Gasteiger partial charge < -0.3 is 14.4 Å². The van der Waals surface area contributed by atoms with Gasteiger partial charge in [0.2, 0.25) is 0 Å². The Labute approximate surface area is 135 Å². The number of halogens is 1. The van der Waals surface area contributed by atoms with Gasteiger partial charge in [-0.3, -0.25) is 9.59 Å². The Bertz CT molecular complexity index is 541. The molecule has 0 spiro atoms. The third kappa shape index (κ3) is 4.13. The third-order valence-electron chi connectivity index (χ3n) is 3.55. The normalized spacial score (nSPS) is 14.5. The zero-order valence-corrected chi connectivity index (χ0v) is 13.4. The average Bonchev–Trinajstić information content (AvgIpc) is 2.55. The van der Waals surface area contributed by atoms with Gasteiger partial charge in [-0.1, -0.05) is 11.6 Å². The lowest BCUT2D eigenvalue weighted by atomic mass is 10.1. The molecule has 1 fully saturated rings. The van der Waals surface area contributed by atoms with Gasteiger partial charge in [0.05, 0.1) is 11.6 Å². The van der Waals surface area contributed by atoms with E-state index in [0.717, 1.165) is 25.9 Å².